The van der Waals surface area contributed by atoms with Crippen LogP contribution in [0.15, 0.2) is 444 Å². The minimum atomic E-state index is -0.261. The van der Waals surface area contributed by atoms with Crippen molar-refractivity contribution in [1.29, 1.82) is 0 Å². The molecule has 21 aromatic rings. The molecule has 10 heteroatoms. The first-order valence-corrected chi connectivity index (χ1v) is 45.1. The molecular weight excluding hydrogens is 1770 g/mol. The van der Waals surface area contributed by atoms with Crippen LogP contribution in [0.4, 0.5) is 55.6 Å². The van der Waals surface area contributed by atoms with E-state index >= 15 is 0 Å². The van der Waals surface area contributed by atoms with Crippen LogP contribution >= 0.6 is 23.5 Å². The molecule has 0 unspecified atom stereocenters. The predicted molar refractivity (Wildman–Crippen MR) is 533 cm³/mol. The smallest absolute Gasteiger partial charge is 0.365 e. The van der Waals surface area contributed by atoms with Crippen LogP contribution in [0.25, 0.3) is 82.5 Å². The van der Waals surface area contributed by atoms with Crippen LogP contribution < -0.4 is 14.7 Å². The van der Waals surface area contributed by atoms with Gasteiger partial charge in [0.15, 0.2) is 0 Å². The Bertz CT molecular complexity index is 7680. The number of halogens is 1. The Hall–Kier alpha value is -13.9. The van der Waals surface area contributed by atoms with Gasteiger partial charge in [0.2, 0.25) is 0 Å². The second-order valence-corrected chi connectivity index (χ2v) is 36.7. The fourth-order valence-corrected chi connectivity index (χ4v) is 22.0. The van der Waals surface area contributed by atoms with Crippen molar-refractivity contribution in [2.24, 2.45) is 0 Å². The number of hydrogen-bond acceptors (Lipinski definition) is 5. The second-order valence-electron chi connectivity index (χ2n) is 34.5. The van der Waals surface area contributed by atoms with Gasteiger partial charge >= 0.3 is 21.1 Å². The van der Waals surface area contributed by atoms with Crippen LogP contribution in [0.1, 0.15) is 80.5 Å². The summed E-state index contributed by atoms with van der Waals surface area (Å²) in [5.41, 5.74) is 29.0. The van der Waals surface area contributed by atoms with Gasteiger partial charge in [-0.1, -0.05) is 264 Å². The van der Waals surface area contributed by atoms with Crippen molar-refractivity contribution in [3.8, 4) is 17.1 Å². The average molecular weight is 1860 g/mol. The first-order valence-electron chi connectivity index (χ1n) is 43.5. The van der Waals surface area contributed by atoms with Crippen LogP contribution in [-0.2, 0) is 37.3 Å². The molecule has 23 rings (SSSR count). The van der Waals surface area contributed by atoms with Crippen molar-refractivity contribution in [1.82, 2.24) is 13.7 Å². The number of benzene rings is 18. The Morgan fingerprint density at radius 3 is 0.992 bits per heavy atom. The standard InChI is InChI=1S/C40H32N2S.C39H29FN2.C39H30N2S.W/c1-27-17-19-29(20-18-27)41(31-21-23-35-39(26-31)43-38-16-10-8-14-34(38)40(35,2)3)30-22-24-37-33(25-30)32-13-7-9-15-36(32)42(37)28-11-5-4-6-12-28;1-39(2,28-11-5-3-6-12-28)29-17-21-32(22-18-29)41(33-23-19-30(40)20-24-33)34-25-26-38-36(27-34)35-15-9-10-16-37(35)42(38)31-13-7-4-8-14-31;1-39(2)33-18-10-12-20-37(33)42-38-26-30(21-23-34(38)39)40(27-13-5-3-6-14-27)29-22-24-36-32(25-29)31-17-9-11-19-35(31)41(36)28-15-7-4-8-16-28;/h4-26H,1-3H3;3-11,13-17,19-27H,1-2H3;3-26H,1-2H3;/q;-2;;+2. The van der Waals surface area contributed by atoms with Crippen molar-refractivity contribution in [2.75, 3.05) is 14.7 Å². The van der Waals surface area contributed by atoms with Gasteiger partial charge in [-0.2, -0.15) is 59.7 Å². The summed E-state index contributed by atoms with van der Waals surface area (Å²) < 4.78 is 21.1. The third-order valence-corrected chi connectivity index (χ3v) is 27.9. The summed E-state index contributed by atoms with van der Waals surface area (Å²) in [6, 6.07) is 157. The van der Waals surface area contributed by atoms with Crippen LogP contribution in [-0.4, -0.2) is 13.7 Å². The Balaban J connectivity index is 0.000000120. The molecule has 6 nitrogen and oxygen atoms in total. The first-order chi connectivity index (χ1) is 62.1. The third kappa shape index (κ3) is 15.0. The molecule has 0 aliphatic carbocycles. The van der Waals surface area contributed by atoms with Crippen molar-refractivity contribution in [2.45, 2.75) is 84.3 Å². The molecule has 0 amide bonds. The van der Waals surface area contributed by atoms with E-state index in [2.05, 4.69) is 459 Å². The number of hydrogen-bond donors (Lipinski definition) is 0. The predicted octanol–water partition coefficient (Wildman–Crippen LogP) is 32.7. The first kappa shape index (κ1) is 82.4. The quantitative estimate of drug-likeness (QED) is 0.101. The molecule has 0 bridgehead atoms. The Kier molecular flexibility index (Phi) is 21.9. The Morgan fingerprint density at radius 2 is 0.586 bits per heavy atom. The molecule has 0 saturated carbocycles. The van der Waals surface area contributed by atoms with Crippen molar-refractivity contribution in [3.05, 3.63) is 482 Å². The van der Waals surface area contributed by atoms with Crippen molar-refractivity contribution in [3.63, 3.8) is 0 Å². The molecule has 2 aliphatic rings. The number of anilines is 9. The second kappa shape index (κ2) is 34.1. The molecule has 0 atom stereocenters. The van der Waals surface area contributed by atoms with Crippen LogP contribution in [0.3, 0.4) is 0 Å². The van der Waals surface area contributed by atoms with Gasteiger partial charge in [0.05, 0.1) is 33.1 Å². The zero-order valence-corrected chi connectivity index (χ0v) is 76.8. The van der Waals surface area contributed by atoms with E-state index in [1.54, 1.807) is 0 Å². The van der Waals surface area contributed by atoms with Crippen molar-refractivity contribution < 1.29 is 25.5 Å². The van der Waals surface area contributed by atoms with E-state index in [1.807, 2.05) is 66.0 Å². The summed E-state index contributed by atoms with van der Waals surface area (Å²) in [5, 5.41) is 7.34. The molecule has 0 N–H and O–H groups in total. The summed E-state index contributed by atoms with van der Waals surface area (Å²) in [4.78, 5) is 12.3. The summed E-state index contributed by atoms with van der Waals surface area (Å²) in [7, 11) is 0. The van der Waals surface area contributed by atoms with E-state index < -0.39 is 0 Å². The monoisotopic (exact) mass is 1860 g/mol. The van der Waals surface area contributed by atoms with E-state index in [1.165, 1.54) is 120 Å². The van der Waals surface area contributed by atoms with Gasteiger partial charge < -0.3 is 28.4 Å². The van der Waals surface area contributed by atoms with E-state index in [-0.39, 0.29) is 43.1 Å². The van der Waals surface area contributed by atoms with Gasteiger partial charge in [-0.05, 0) is 229 Å². The van der Waals surface area contributed by atoms with E-state index in [0.29, 0.717) is 0 Å². The van der Waals surface area contributed by atoms with Crippen LogP contribution in [0.2, 0.25) is 0 Å². The maximum atomic E-state index is 14.0. The molecule has 0 spiro atoms. The number of nitrogens with zero attached hydrogens (tertiary/aromatic N) is 6. The van der Waals surface area contributed by atoms with Crippen LogP contribution in [0.5, 0.6) is 0 Å². The summed E-state index contributed by atoms with van der Waals surface area (Å²) in [6.07, 6.45) is 0. The topological polar surface area (TPSA) is 24.5 Å². The molecule has 2 aliphatic heterocycles. The fourth-order valence-electron chi connectivity index (χ4n) is 19.1. The van der Waals surface area contributed by atoms with E-state index in [4.69, 9.17) is 0 Å². The summed E-state index contributed by atoms with van der Waals surface area (Å²) in [6.45, 7) is 15.9. The SMILES string of the molecule is CC(C)(c1[c-]cccc1)c1[c-]cc(N(c2ccc(F)cc2)c2ccc3c(c2)c2ccccc2n3-c2ccccc2)cc1.CC1(C)c2ccccc2Sc2cc(N(c3ccccc3)c3ccc4c(c3)c3ccccc3n4-c3ccccc3)ccc21.Cc1ccc(N(c2ccc3c(c2)Sc2ccccc2C3(C)C)c2ccc3c(c2)c2ccccc2n3-c2ccccc2)cc1.[W+2]. The third-order valence-electron chi connectivity index (χ3n) is 25.6. The molecule has 128 heavy (non-hydrogen) atoms. The largest absolute Gasteiger partial charge is 2.00 e. The van der Waals surface area contributed by atoms with Gasteiger partial charge in [0, 0.05) is 125 Å². The number of aryl methyl sites for hydroxylation is 1. The Labute approximate surface area is 770 Å². The molecule has 18 aromatic carbocycles. The maximum absolute atomic E-state index is 14.0. The average Bonchev–Trinajstić information content (AvgIpc) is 1.58. The van der Waals surface area contributed by atoms with E-state index in [0.717, 1.165) is 84.4 Å². The zero-order valence-electron chi connectivity index (χ0n) is 72.2. The minimum absolute atomic E-state index is 0. The van der Waals surface area contributed by atoms with E-state index in [9.17, 15) is 4.39 Å². The number of para-hydroxylation sites is 7. The Morgan fingerprint density at radius 1 is 0.273 bits per heavy atom. The van der Waals surface area contributed by atoms with Gasteiger partial charge in [-0.15, -0.1) is 6.07 Å². The molecule has 0 saturated heterocycles. The number of fused-ring (bicyclic) bond motifs is 13. The summed E-state index contributed by atoms with van der Waals surface area (Å²) >= 11 is 3.77. The van der Waals surface area contributed by atoms with Crippen molar-refractivity contribution >= 4 is 140 Å². The van der Waals surface area contributed by atoms with Crippen LogP contribution in [0, 0.1) is 24.9 Å². The normalized spacial score (nSPS) is 12.8. The molecule has 618 valence electrons. The molecule has 0 fully saturated rings. The molecule has 3 aromatic heterocycles. The number of rotatable bonds is 14. The fraction of sp³-hybridized carbons (Fsp3) is 0.0847. The summed E-state index contributed by atoms with van der Waals surface area (Å²) in [5.74, 6) is -0.261. The molecular formula is C118H91FN6S2W. The maximum Gasteiger partial charge on any atom is 2.00 e. The van der Waals surface area contributed by atoms with Gasteiger partial charge in [-0.3, -0.25) is 0 Å². The zero-order chi connectivity index (χ0) is 86.1. The number of aromatic nitrogens is 3. The van der Waals surface area contributed by atoms with Gasteiger partial charge in [0.25, 0.3) is 0 Å². The van der Waals surface area contributed by atoms with Gasteiger partial charge in [0.1, 0.15) is 5.82 Å². The minimum Gasteiger partial charge on any atom is -0.365 e. The molecule has 5 heterocycles. The molecule has 0 radical (unpaired) electrons. The van der Waals surface area contributed by atoms with Gasteiger partial charge in [-0.25, -0.2) is 4.39 Å².